The monoisotopic (exact) mass is 403 g/mol. The number of carbonyl (C=O) groups is 2. The van der Waals surface area contributed by atoms with E-state index in [4.69, 9.17) is 9.47 Å². The van der Waals surface area contributed by atoms with Gasteiger partial charge in [0.15, 0.2) is 11.5 Å². The van der Waals surface area contributed by atoms with Crippen molar-refractivity contribution in [1.29, 1.82) is 0 Å². The molecule has 1 amide bonds. The van der Waals surface area contributed by atoms with Crippen LogP contribution in [-0.2, 0) is 16.0 Å². The Bertz CT molecular complexity index is 1200. The Hall–Kier alpha value is -3.32. The van der Waals surface area contributed by atoms with E-state index in [0.29, 0.717) is 24.5 Å². The van der Waals surface area contributed by atoms with E-state index in [9.17, 15) is 9.59 Å². The summed E-state index contributed by atoms with van der Waals surface area (Å²) >= 11 is 0. The first-order valence-corrected chi connectivity index (χ1v) is 10.1. The molecule has 0 aliphatic carbocycles. The first kappa shape index (κ1) is 17.5. The van der Waals surface area contributed by atoms with Gasteiger partial charge in [0.2, 0.25) is 12.7 Å². The van der Waals surface area contributed by atoms with Gasteiger partial charge in [0.1, 0.15) is 11.8 Å². The minimum Gasteiger partial charge on any atom is -0.454 e. The summed E-state index contributed by atoms with van der Waals surface area (Å²) in [6.45, 7) is 0.962. The van der Waals surface area contributed by atoms with Crippen molar-refractivity contribution in [3.63, 3.8) is 0 Å². The van der Waals surface area contributed by atoms with Crippen LogP contribution in [0.5, 0.6) is 11.5 Å². The number of H-pyrrole nitrogens is 1. The number of nitrogens with one attached hydrogen (secondary N) is 1. The van der Waals surface area contributed by atoms with E-state index in [1.54, 1.807) is 4.90 Å². The third-order valence-electron chi connectivity index (χ3n) is 6.52. The maximum Gasteiger partial charge on any atom is 0.238 e. The first-order valence-electron chi connectivity index (χ1n) is 10.1. The maximum absolute atomic E-state index is 13.3. The molecular formula is C23H21N3O4. The first-order chi connectivity index (χ1) is 14.6. The number of aromatic nitrogens is 1. The maximum atomic E-state index is 13.3. The van der Waals surface area contributed by atoms with E-state index >= 15 is 0 Å². The molecule has 152 valence electrons. The van der Waals surface area contributed by atoms with Crippen LogP contribution in [0.2, 0.25) is 0 Å². The molecule has 3 aromatic rings. The summed E-state index contributed by atoms with van der Waals surface area (Å²) in [5.41, 5.74) is 3.06. The molecule has 2 atom stereocenters. The van der Waals surface area contributed by atoms with Crippen molar-refractivity contribution in [3.05, 3.63) is 59.3 Å². The van der Waals surface area contributed by atoms with Crippen LogP contribution in [0.15, 0.2) is 42.6 Å². The van der Waals surface area contributed by atoms with Crippen molar-refractivity contribution in [2.75, 3.05) is 26.9 Å². The zero-order valence-electron chi connectivity index (χ0n) is 16.6. The lowest BCUT2D eigenvalue weighted by Gasteiger charge is -2.53. The zero-order valence-corrected chi connectivity index (χ0v) is 16.6. The summed E-state index contributed by atoms with van der Waals surface area (Å²) in [6, 6.07) is 11.6. The minimum absolute atomic E-state index is 0.0468. The Labute approximate surface area is 173 Å². The number of hydrogen-bond donors (Lipinski definition) is 1. The molecule has 0 spiro atoms. The molecule has 2 aromatic carbocycles. The van der Waals surface area contributed by atoms with Gasteiger partial charge in [0.25, 0.3) is 0 Å². The van der Waals surface area contributed by atoms with Gasteiger partial charge in [-0.25, -0.2) is 0 Å². The lowest BCUT2D eigenvalue weighted by atomic mass is 9.76. The van der Waals surface area contributed by atoms with E-state index in [-0.39, 0.29) is 25.3 Å². The fraction of sp³-hybridized carbons (Fsp3) is 0.304. The lowest BCUT2D eigenvalue weighted by molar-refractivity contribution is -0.154. The van der Waals surface area contributed by atoms with Crippen LogP contribution in [0.4, 0.5) is 0 Å². The number of fused-ring (bicyclic) bond motifs is 4. The molecule has 0 bridgehead atoms. The van der Waals surface area contributed by atoms with Crippen molar-refractivity contribution >= 4 is 23.1 Å². The Morgan fingerprint density at radius 2 is 1.97 bits per heavy atom. The lowest BCUT2D eigenvalue weighted by Crippen LogP contribution is -2.68. The summed E-state index contributed by atoms with van der Waals surface area (Å²) in [4.78, 5) is 33.0. The second-order valence-corrected chi connectivity index (χ2v) is 8.43. The number of piperazine rings is 1. The number of likely N-dealkylation sites (N-methyl/N-ethyl adjacent to an activating group) is 1. The van der Waals surface area contributed by atoms with Crippen LogP contribution in [0.3, 0.4) is 0 Å². The predicted molar refractivity (Wildman–Crippen MR) is 110 cm³/mol. The Balaban J connectivity index is 1.64. The van der Waals surface area contributed by atoms with Crippen LogP contribution in [0.25, 0.3) is 10.9 Å². The van der Waals surface area contributed by atoms with E-state index in [2.05, 4.69) is 4.98 Å². The summed E-state index contributed by atoms with van der Waals surface area (Å²) in [5, 5.41) is 1.04. The highest BCUT2D eigenvalue weighted by Crippen LogP contribution is 2.49. The number of amides is 1. The van der Waals surface area contributed by atoms with E-state index < -0.39 is 5.54 Å². The molecular weight excluding hydrogens is 382 g/mol. The fourth-order valence-corrected chi connectivity index (χ4v) is 5.34. The number of benzene rings is 2. The average Bonchev–Trinajstić information content (AvgIpc) is 3.37. The molecule has 4 heterocycles. The van der Waals surface area contributed by atoms with Gasteiger partial charge >= 0.3 is 0 Å². The van der Waals surface area contributed by atoms with Crippen molar-refractivity contribution in [2.24, 2.45) is 0 Å². The van der Waals surface area contributed by atoms with Crippen LogP contribution < -0.4 is 9.47 Å². The van der Waals surface area contributed by atoms with E-state index in [1.807, 2.05) is 54.5 Å². The van der Waals surface area contributed by atoms with Gasteiger partial charge in [0, 0.05) is 35.6 Å². The normalized spacial score (nSPS) is 25.3. The molecule has 0 radical (unpaired) electrons. The number of hydrogen-bond acceptors (Lipinski definition) is 5. The molecule has 3 aliphatic rings. The Morgan fingerprint density at radius 1 is 1.17 bits per heavy atom. The number of aromatic amines is 1. The average molecular weight is 403 g/mol. The van der Waals surface area contributed by atoms with Crippen LogP contribution in [0.1, 0.15) is 22.7 Å². The summed E-state index contributed by atoms with van der Waals surface area (Å²) in [6.07, 6.45) is 3.36. The molecule has 1 N–H and O–H groups in total. The molecule has 1 saturated heterocycles. The molecule has 30 heavy (non-hydrogen) atoms. The summed E-state index contributed by atoms with van der Waals surface area (Å²) in [7, 11) is 1.89. The zero-order chi connectivity index (χ0) is 20.5. The standard InChI is InChI=1S/C23H21N3O4/c1-25-10-21(28)26-22(17-9-24-18-5-3-2-4-15(17)18)16-7-20-19(29-13-30-20)6-14(16)8-23(26,11-25)12-27/h2-7,9,12,22,24H,8,10-11,13H2,1H3. The summed E-state index contributed by atoms with van der Waals surface area (Å²) in [5.74, 6) is 1.32. The van der Waals surface area contributed by atoms with E-state index in [0.717, 1.165) is 33.9 Å². The Kier molecular flexibility index (Phi) is 3.56. The number of para-hydroxylation sites is 1. The van der Waals surface area contributed by atoms with Gasteiger partial charge < -0.3 is 24.2 Å². The number of aldehydes is 1. The van der Waals surface area contributed by atoms with Gasteiger partial charge in [-0.05, 0) is 36.4 Å². The molecule has 7 nitrogen and oxygen atoms in total. The van der Waals surface area contributed by atoms with Gasteiger partial charge in [-0.2, -0.15) is 0 Å². The summed E-state index contributed by atoms with van der Waals surface area (Å²) < 4.78 is 11.2. The third-order valence-corrected chi connectivity index (χ3v) is 6.52. The number of nitrogens with zero attached hydrogens (tertiary/aromatic N) is 2. The van der Waals surface area contributed by atoms with Crippen molar-refractivity contribution in [1.82, 2.24) is 14.8 Å². The Morgan fingerprint density at radius 3 is 2.80 bits per heavy atom. The van der Waals surface area contributed by atoms with Gasteiger partial charge in [-0.3, -0.25) is 9.69 Å². The molecule has 0 saturated carbocycles. The third kappa shape index (κ3) is 2.29. The fourth-order valence-electron chi connectivity index (χ4n) is 5.34. The minimum atomic E-state index is -0.923. The van der Waals surface area contributed by atoms with Crippen molar-refractivity contribution < 1.29 is 19.1 Å². The number of ether oxygens (including phenoxy) is 2. The highest BCUT2D eigenvalue weighted by atomic mass is 16.7. The molecule has 7 heteroatoms. The van der Waals surface area contributed by atoms with Gasteiger partial charge in [-0.15, -0.1) is 0 Å². The second kappa shape index (κ2) is 6.09. The predicted octanol–water partition coefficient (Wildman–Crippen LogP) is 2.25. The highest BCUT2D eigenvalue weighted by molar-refractivity contribution is 5.90. The van der Waals surface area contributed by atoms with E-state index in [1.165, 1.54) is 0 Å². The molecule has 1 aromatic heterocycles. The van der Waals surface area contributed by atoms with Gasteiger partial charge in [-0.1, -0.05) is 18.2 Å². The molecule has 1 fully saturated rings. The van der Waals surface area contributed by atoms with Crippen molar-refractivity contribution in [2.45, 2.75) is 18.0 Å². The van der Waals surface area contributed by atoms with Crippen LogP contribution >= 0.6 is 0 Å². The van der Waals surface area contributed by atoms with Crippen LogP contribution in [-0.4, -0.2) is 59.4 Å². The van der Waals surface area contributed by atoms with Crippen molar-refractivity contribution in [3.8, 4) is 11.5 Å². The smallest absolute Gasteiger partial charge is 0.238 e. The quantitative estimate of drug-likeness (QED) is 0.665. The highest BCUT2D eigenvalue weighted by Gasteiger charge is 2.52. The number of rotatable bonds is 2. The molecule has 2 unspecified atom stereocenters. The molecule has 3 aliphatic heterocycles. The van der Waals surface area contributed by atoms with Crippen LogP contribution in [0, 0.1) is 0 Å². The SMILES string of the molecule is CN1CC(=O)N2C(c3c[nH]c4ccccc34)c3cc4c(cc3CC2(C=O)C1)OCO4. The molecule has 6 rings (SSSR count). The van der Waals surface area contributed by atoms with Gasteiger partial charge in [0.05, 0.1) is 12.6 Å². The number of carbonyl (C=O) groups excluding carboxylic acids is 2. The largest absolute Gasteiger partial charge is 0.454 e. The topological polar surface area (TPSA) is 74.9 Å². The second-order valence-electron chi connectivity index (χ2n) is 8.43.